The van der Waals surface area contributed by atoms with Gasteiger partial charge in [-0.25, -0.2) is 4.79 Å². The number of hydrogen-bond acceptors (Lipinski definition) is 3. The van der Waals surface area contributed by atoms with Crippen LogP contribution >= 0.6 is 0 Å². The van der Waals surface area contributed by atoms with E-state index in [1.54, 1.807) is 0 Å². The summed E-state index contributed by atoms with van der Waals surface area (Å²) in [5.41, 5.74) is 1.04. The lowest BCUT2D eigenvalue weighted by atomic mass is 10.2. The molecule has 0 saturated carbocycles. The first-order valence-electron chi connectivity index (χ1n) is 6.01. The third-order valence-corrected chi connectivity index (χ3v) is 2.36. The minimum absolute atomic E-state index is 0.0901. The summed E-state index contributed by atoms with van der Waals surface area (Å²) in [6, 6.07) is 7.23. The van der Waals surface area contributed by atoms with E-state index in [0.29, 0.717) is 13.2 Å². The molecule has 0 aliphatic carbocycles. The van der Waals surface area contributed by atoms with Crippen LogP contribution in [0, 0.1) is 6.92 Å². The number of carboxylic acid groups (broad SMARTS) is 1. The number of hydrogen-bond donors (Lipinski definition) is 3. The number of carbonyl (C=O) groups excluding carboxylic acids is 1. The van der Waals surface area contributed by atoms with E-state index in [-0.39, 0.29) is 13.0 Å². The molecule has 0 atom stereocenters. The van der Waals surface area contributed by atoms with Gasteiger partial charge in [0.15, 0.2) is 0 Å². The van der Waals surface area contributed by atoms with Gasteiger partial charge in [-0.2, -0.15) is 0 Å². The van der Waals surface area contributed by atoms with Gasteiger partial charge in [0, 0.05) is 6.54 Å². The Labute approximate surface area is 111 Å². The molecule has 0 bridgehead atoms. The minimum atomic E-state index is -0.941. The van der Waals surface area contributed by atoms with E-state index in [9.17, 15) is 9.59 Å². The first kappa shape index (κ1) is 14.8. The van der Waals surface area contributed by atoms with Crippen molar-refractivity contribution in [3.05, 3.63) is 29.8 Å². The summed E-state index contributed by atoms with van der Waals surface area (Å²) in [6.07, 6.45) is -0.0901. The smallest absolute Gasteiger partial charge is 0.314 e. The molecule has 6 heteroatoms. The molecule has 0 aromatic heterocycles. The van der Waals surface area contributed by atoms with Crippen molar-refractivity contribution in [2.24, 2.45) is 0 Å². The topological polar surface area (TPSA) is 87.7 Å². The second-order valence-electron chi connectivity index (χ2n) is 3.94. The van der Waals surface area contributed by atoms with Gasteiger partial charge in [0.1, 0.15) is 12.4 Å². The van der Waals surface area contributed by atoms with Gasteiger partial charge in [0.25, 0.3) is 0 Å². The fraction of sp³-hybridized carbons (Fsp3) is 0.385. The first-order chi connectivity index (χ1) is 9.09. The van der Waals surface area contributed by atoms with Crippen LogP contribution in [0.4, 0.5) is 4.79 Å². The number of urea groups is 1. The van der Waals surface area contributed by atoms with Crippen LogP contribution in [-0.4, -0.2) is 36.8 Å². The number of carbonyl (C=O) groups is 2. The molecule has 0 unspecified atom stereocenters. The molecule has 0 heterocycles. The van der Waals surface area contributed by atoms with Gasteiger partial charge < -0.3 is 20.5 Å². The van der Waals surface area contributed by atoms with Crippen LogP contribution in [0.1, 0.15) is 12.0 Å². The fourth-order valence-corrected chi connectivity index (χ4v) is 1.39. The van der Waals surface area contributed by atoms with E-state index in [4.69, 9.17) is 9.84 Å². The van der Waals surface area contributed by atoms with Crippen LogP contribution in [0.15, 0.2) is 24.3 Å². The Balaban J connectivity index is 2.12. The highest BCUT2D eigenvalue weighted by atomic mass is 16.5. The van der Waals surface area contributed by atoms with Crippen molar-refractivity contribution in [1.82, 2.24) is 10.6 Å². The quantitative estimate of drug-likeness (QED) is 0.646. The fourth-order valence-electron chi connectivity index (χ4n) is 1.39. The average Bonchev–Trinajstić information content (AvgIpc) is 2.36. The van der Waals surface area contributed by atoms with E-state index in [1.165, 1.54) is 0 Å². The second kappa shape index (κ2) is 7.97. The number of benzene rings is 1. The van der Waals surface area contributed by atoms with Crippen LogP contribution in [0.25, 0.3) is 0 Å². The van der Waals surface area contributed by atoms with Crippen molar-refractivity contribution in [2.45, 2.75) is 13.3 Å². The maximum atomic E-state index is 11.2. The summed E-state index contributed by atoms with van der Waals surface area (Å²) in [7, 11) is 0. The van der Waals surface area contributed by atoms with Gasteiger partial charge in [-0.15, -0.1) is 0 Å². The Morgan fingerprint density at radius 2 is 1.89 bits per heavy atom. The summed E-state index contributed by atoms with van der Waals surface area (Å²) >= 11 is 0. The lowest BCUT2D eigenvalue weighted by Gasteiger charge is -2.10. The summed E-state index contributed by atoms with van der Waals surface area (Å²) in [5, 5.41) is 13.4. The molecule has 0 saturated heterocycles. The molecule has 0 fully saturated rings. The lowest BCUT2D eigenvalue weighted by molar-refractivity contribution is -0.136. The van der Waals surface area contributed by atoms with Gasteiger partial charge in [-0.1, -0.05) is 18.2 Å². The molecule has 3 N–H and O–H groups in total. The number of ether oxygens (including phenoxy) is 1. The van der Waals surface area contributed by atoms with E-state index >= 15 is 0 Å². The normalized spacial score (nSPS) is 9.74. The molecule has 1 rings (SSSR count). The Bertz CT molecular complexity index is 434. The molecule has 0 spiro atoms. The van der Waals surface area contributed by atoms with Gasteiger partial charge in [-0.05, 0) is 18.6 Å². The van der Waals surface area contributed by atoms with Crippen molar-refractivity contribution in [1.29, 1.82) is 0 Å². The van der Waals surface area contributed by atoms with Crippen molar-refractivity contribution < 1.29 is 19.4 Å². The van der Waals surface area contributed by atoms with Crippen LogP contribution in [-0.2, 0) is 4.79 Å². The van der Waals surface area contributed by atoms with E-state index in [0.717, 1.165) is 11.3 Å². The van der Waals surface area contributed by atoms with Crippen LogP contribution in [0.3, 0.4) is 0 Å². The highest BCUT2D eigenvalue weighted by molar-refractivity contribution is 5.74. The number of aliphatic carboxylic acids is 1. The van der Waals surface area contributed by atoms with Crippen molar-refractivity contribution in [3.63, 3.8) is 0 Å². The molecule has 0 aliphatic heterocycles. The SMILES string of the molecule is Cc1ccccc1OCCNC(=O)NCCC(=O)O. The predicted molar refractivity (Wildman–Crippen MR) is 70.3 cm³/mol. The number of rotatable bonds is 7. The van der Waals surface area contributed by atoms with Crippen molar-refractivity contribution in [3.8, 4) is 5.75 Å². The highest BCUT2D eigenvalue weighted by Crippen LogP contribution is 2.15. The predicted octanol–water partition coefficient (Wildman–Crippen LogP) is 1.15. The monoisotopic (exact) mass is 266 g/mol. The Morgan fingerprint density at radius 3 is 2.58 bits per heavy atom. The third kappa shape index (κ3) is 6.30. The number of nitrogens with one attached hydrogen (secondary N) is 2. The Hall–Kier alpha value is -2.24. The summed E-state index contributed by atoms with van der Waals surface area (Å²) in [4.78, 5) is 21.5. The molecule has 0 radical (unpaired) electrons. The summed E-state index contributed by atoms with van der Waals surface area (Å²) in [6.45, 7) is 2.77. The van der Waals surface area contributed by atoms with Crippen molar-refractivity contribution in [2.75, 3.05) is 19.7 Å². The Morgan fingerprint density at radius 1 is 1.21 bits per heavy atom. The molecule has 6 nitrogen and oxygen atoms in total. The van der Waals surface area contributed by atoms with Crippen LogP contribution < -0.4 is 15.4 Å². The summed E-state index contributed by atoms with van der Waals surface area (Å²) < 4.78 is 5.49. The maximum Gasteiger partial charge on any atom is 0.314 e. The largest absolute Gasteiger partial charge is 0.491 e. The zero-order chi connectivity index (χ0) is 14.1. The molecular weight excluding hydrogens is 248 g/mol. The van der Waals surface area contributed by atoms with Gasteiger partial charge >= 0.3 is 12.0 Å². The minimum Gasteiger partial charge on any atom is -0.491 e. The van der Waals surface area contributed by atoms with Gasteiger partial charge in [-0.3, -0.25) is 4.79 Å². The second-order valence-corrected chi connectivity index (χ2v) is 3.94. The first-order valence-corrected chi connectivity index (χ1v) is 6.01. The zero-order valence-electron chi connectivity index (χ0n) is 10.8. The molecular formula is C13H18N2O4. The van der Waals surface area contributed by atoms with E-state index < -0.39 is 12.0 Å². The number of amides is 2. The maximum absolute atomic E-state index is 11.2. The van der Waals surface area contributed by atoms with Gasteiger partial charge in [0.05, 0.1) is 13.0 Å². The number of para-hydroxylation sites is 1. The lowest BCUT2D eigenvalue weighted by Crippen LogP contribution is -2.38. The molecule has 1 aromatic rings. The Kier molecular flexibility index (Phi) is 6.21. The number of aryl methyl sites for hydroxylation is 1. The van der Waals surface area contributed by atoms with Crippen molar-refractivity contribution >= 4 is 12.0 Å². The average molecular weight is 266 g/mol. The van der Waals surface area contributed by atoms with Crippen LogP contribution in [0.2, 0.25) is 0 Å². The summed E-state index contributed by atoms with van der Waals surface area (Å²) in [5.74, 6) is -0.154. The zero-order valence-corrected chi connectivity index (χ0v) is 10.8. The molecule has 2 amide bonds. The molecule has 0 aliphatic rings. The van der Waals surface area contributed by atoms with E-state index in [2.05, 4.69) is 10.6 Å². The third-order valence-electron chi connectivity index (χ3n) is 2.36. The van der Waals surface area contributed by atoms with E-state index in [1.807, 2.05) is 31.2 Å². The molecule has 1 aromatic carbocycles. The number of carboxylic acids is 1. The molecule has 104 valence electrons. The van der Waals surface area contributed by atoms with Gasteiger partial charge in [0.2, 0.25) is 0 Å². The molecule has 19 heavy (non-hydrogen) atoms. The standard InChI is InChI=1S/C13H18N2O4/c1-10-4-2-3-5-11(10)19-9-8-15-13(18)14-7-6-12(16)17/h2-5H,6-9H2,1H3,(H,16,17)(H2,14,15,18). The van der Waals surface area contributed by atoms with Crippen LogP contribution in [0.5, 0.6) is 5.75 Å². The highest BCUT2D eigenvalue weighted by Gasteiger charge is 2.02.